The van der Waals surface area contributed by atoms with Crippen LogP contribution < -0.4 is 21.3 Å². The van der Waals surface area contributed by atoms with Crippen LogP contribution in [-0.2, 0) is 14.3 Å². The molecule has 2 rings (SSSR count). The lowest BCUT2D eigenvalue weighted by molar-refractivity contribution is -0.138. The number of anilines is 3. The SMILES string of the molecule is CC(C)C[C@H](Nc1nc(NCCOCCOCCNC(=O)c2ccccc2)nc(NC(C)C)n1)C(=O)O. The number of aromatic nitrogens is 3. The summed E-state index contributed by atoms with van der Waals surface area (Å²) in [4.78, 5) is 36.5. The molecule has 12 nitrogen and oxygen atoms in total. The maximum Gasteiger partial charge on any atom is 0.326 e. The van der Waals surface area contributed by atoms with Gasteiger partial charge < -0.3 is 35.8 Å². The van der Waals surface area contributed by atoms with E-state index in [2.05, 4.69) is 36.2 Å². The molecule has 204 valence electrons. The number of carbonyl (C=O) groups excluding carboxylic acids is 1. The van der Waals surface area contributed by atoms with Crippen LogP contribution in [0.15, 0.2) is 30.3 Å². The molecule has 0 spiro atoms. The van der Waals surface area contributed by atoms with E-state index >= 15 is 0 Å². The number of aliphatic carboxylic acids is 1. The number of nitrogens with one attached hydrogen (secondary N) is 4. The summed E-state index contributed by atoms with van der Waals surface area (Å²) < 4.78 is 11.0. The second kappa shape index (κ2) is 16.3. The zero-order valence-corrected chi connectivity index (χ0v) is 22.0. The molecule has 0 saturated heterocycles. The van der Waals surface area contributed by atoms with E-state index in [4.69, 9.17) is 9.47 Å². The third kappa shape index (κ3) is 12.3. The lowest BCUT2D eigenvalue weighted by Crippen LogP contribution is -2.32. The number of carbonyl (C=O) groups is 2. The van der Waals surface area contributed by atoms with Crippen LogP contribution in [0.2, 0.25) is 0 Å². The van der Waals surface area contributed by atoms with Gasteiger partial charge in [0.05, 0.1) is 26.4 Å². The molecule has 1 amide bonds. The lowest BCUT2D eigenvalue weighted by atomic mass is 10.0. The monoisotopic (exact) mass is 517 g/mol. The summed E-state index contributed by atoms with van der Waals surface area (Å²) in [5.41, 5.74) is 0.615. The van der Waals surface area contributed by atoms with Gasteiger partial charge in [-0.15, -0.1) is 0 Å². The topological polar surface area (TPSA) is 160 Å². The summed E-state index contributed by atoms with van der Waals surface area (Å²) in [7, 11) is 0. The Bertz CT molecular complexity index is 960. The summed E-state index contributed by atoms with van der Waals surface area (Å²) in [5, 5.41) is 21.4. The normalized spacial score (nSPS) is 11.8. The van der Waals surface area contributed by atoms with Crippen molar-refractivity contribution in [2.45, 2.75) is 46.2 Å². The number of carboxylic acids is 1. The Morgan fingerprint density at radius 1 is 0.838 bits per heavy atom. The van der Waals surface area contributed by atoms with Crippen molar-refractivity contribution in [1.82, 2.24) is 20.3 Å². The van der Waals surface area contributed by atoms with Gasteiger partial charge in [0.2, 0.25) is 17.8 Å². The van der Waals surface area contributed by atoms with Crippen LogP contribution in [0, 0.1) is 5.92 Å². The molecular formula is C25H39N7O5. The minimum absolute atomic E-state index is 0.0871. The Morgan fingerprint density at radius 2 is 1.43 bits per heavy atom. The average molecular weight is 518 g/mol. The third-order valence-corrected chi connectivity index (χ3v) is 4.83. The largest absolute Gasteiger partial charge is 0.480 e. The number of amides is 1. The fraction of sp³-hybridized carbons (Fsp3) is 0.560. The summed E-state index contributed by atoms with van der Waals surface area (Å²) in [6.07, 6.45) is 0.437. The van der Waals surface area contributed by atoms with E-state index in [1.165, 1.54) is 0 Å². The molecule has 0 aliphatic rings. The van der Waals surface area contributed by atoms with Crippen LogP contribution in [0.25, 0.3) is 0 Å². The zero-order chi connectivity index (χ0) is 27.0. The molecule has 0 aliphatic heterocycles. The highest BCUT2D eigenvalue weighted by Crippen LogP contribution is 2.14. The number of ether oxygens (including phenoxy) is 2. The zero-order valence-electron chi connectivity index (χ0n) is 22.0. The predicted molar refractivity (Wildman–Crippen MR) is 142 cm³/mol. The number of hydrogen-bond donors (Lipinski definition) is 5. The van der Waals surface area contributed by atoms with E-state index in [0.717, 1.165) is 0 Å². The van der Waals surface area contributed by atoms with Crippen molar-refractivity contribution >= 4 is 29.7 Å². The van der Waals surface area contributed by atoms with E-state index in [9.17, 15) is 14.7 Å². The highest BCUT2D eigenvalue weighted by molar-refractivity contribution is 5.94. The van der Waals surface area contributed by atoms with Gasteiger partial charge in [-0.3, -0.25) is 4.79 Å². The molecule has 2 aromatic rings. The third-order valence-electron chi connectivity index (χ3n) is 4.83. The molecule has 0 radical (unpaired) electrons. The van der Waals surface area contributed by atoms with Crippen molar-refractivity contribution in [2.24, 2.45) is 5.92 Å². The number of benzene rings is 1. The van der Waals surface area contributed by atoms with Crippen LogP contribution in [0.4, 0.5) is 17.8 Å². The summed E-state index contributed by atoms with van der Waals surface area (Å²) in [6, 6.07) is 8.29. The standard InChI is InChI=1S/C25H39N7O5/c1-17(2)16-20(22(34)35)29-25-31-23(30-24(32-25)28-18(3)4)27-11-13-37-15-14-36-12-10-26-21(33)19-8-6-5-7-9-19/h5-9,17-18,20H,10-16H2,1-4H3,(H,26,33)(H,34,35)(H3,27,28,29,30,31,32)/t20-/m0/s1. The number of nitrogens with zero attached hydrogens (tertiary/aromatic N) is 3. The predicted octanol–water partition coefficient (Wildman–Crippen LogP) is 2.48. The van der Waals surface area contributed by atoms with E-state index in [1.54, 1.807) is 12.1 Å². The Hall–Kier alpha value is -3.51. The van der Waals surface area contributed by atoms with Crippen molar-refractivity contribution in [3.63, 3.8) is 0 Å². The summed E-state index contributed by atoms with van der Waals surface area (Å²) in [6.45, 7) is 10.2. The molecule has 1 atom stereocenters. The number of rotatable bonds is 18. The van der Waals surface area contributed by atoms with Gasteiger partial charge in [-0.05, 0) is 38.3 Å². The van der Waals surface area contributed by atoms with Crippen LogP contribution in [-0.4, -0.2) is 83.5 Å². The van der Waals surface area contributed by atoms with Crippen molar-refractivity contribution in [1.29, 1.82) is 0 Å². The quantitative estimate of drug-likeness (QED) is 0.185. The van der Waals surface area contributed by atoms with Gasteiger partial charge in [-0.25, -0.2) is 4.79 Å². The number of carboxylic acid groups (broad SMARTS) is 1. The molecule has 0 saturated carbocycles. The molecule has 0 fully saturated rings. The molecule has 5 N–H and O–H groups in total. The van der Waals surface area contributed by atoms with Gasteiger partial charge in [-0.2, -0.15) is 15.0 Å². The van der Waals surface area contributed by atoms with Gasteiger partial charge in [0, 0.05) is 24.7 Å². The van der Waals surface area contributed by atoms with Crippen molar-refractivity contribution < 1.29 is 24.2 Å². The van der Waals surface area contributed by atoms with Crippen LogP contribution in [0.5, 0.6) is 0 Å². The Labute approximate surface area is 218 Å². The van der Waals surface area contributed by atoms with Crippen molar-refractivity contribution in [2.75, 3.05) is 55.5 Å². The highest BCUT2D eigenvalue weighted by atomic mass is 16.5. The fourth-order valence-electron chi connectivity index (χ4n) is 3.18. The molecule has 12 heteroatoms. The highest BCUT2D eigenvalue weighted by Gasteiger charge is 2.20. The van der Waals surface area contributed by atoms with E-state index in [0.29, 0.717) is 63.4 Å². The van der Waals surface area contributed by atoms with Gasteiger partial charge in [0.15, 0.2) is 0 Å². The lowest BCUT2D eigenvalue weighted by Gasteiger charge is -2.18. The van der Waals surface area contributed by atoms with Gasteiger partial charge in [0.1, 0.15) is 6.04 Å². The van der Waals surface area contributed by atoms with E-state index in [-0.39, 0.29) is 23.8 Å². The minimum Gasteiger partial charge on any atom is -0.480 e. The van der Waals surface area contributed by atoms with Crippen molar-refractivity contribution in [3.05, 3.63) is 35.9 Å². The maximum atomic E-state index is 11.9. The first kappa shape index (κ1) is 29.7. The fourth-order valence-corrected chi connectivity index (χ4v) is 3.18. The van der Waals surface area contributed by atoms with Gasteiger partial charge >= 0.3 is 5.97 Å². The first-order valence-corrected chi connectivity index (χ1v) is 12.5. The first-order chi connectivity index (χ1) is 17.7. The second-order valence-corrected chi connectivity index (χ2v) is 9.04. The van der Waals surface area contributed by atoms with Crippen LogP contribution in [0.3, 0.4) is 0 Å². The first-order valence-electron chi connectivity index (χ1n) is 12.5. The molecule has 1 aromatic carbocycles. The molecule has 0 unspecified atom stereocenters. The molecular weight excluding hydrogens is 478 g/mol. The summed E-state index contributed by atoms with van der Waals surface area (Å²) in [5.74, 6) is -0.0666. The molecule has 0 bridgehead atoms. The van der Waals surface area contributed by atoms with Gasteiger partial charge in [0.25, 0.3) is 5.91 Å². The maximum absolute atomic E-state index is 11.9. The Morgan fingerprint density at radius 3 is 2.03 bits per heavy atom. The van der Waals surface area contributed by atoms with Gasteiger partial charge in [-0.1, -0.05) is 32.0 Å². The Balaban J connectivity index is 1.70. The summed E-state index contributed by atoms with van der Waals surface area (Å²) >= 11 is 0. The van der Waals surface area contributed by atoms with E-state index in [1.807, 2.05) is 45.9 Å². The number of hydrogen-bond acceptors (Lipinski definition) is 10. The molecule has 1 heterocycles. The second-order valence-electron chi connectivity index (χ2n) is 9.04. The molecule has 37 heavy (non-hydrogen) atoms. The van der Waals surface area contributed by atoms with Crippen LogP contribution in [0.1, 0.15) is 44.5 Å². The minimum atomic E-state index is -0.962. The Kier molecular flexibility index (Phi) is 13.1. The van der Waals surface area contributed by atoms with E-state index < -0.39 is 12.0 Å². The average Bonchev–Trinajstić information content (AvgIpc) is 2.84. The van der Waals surface area contributed by atoms with Crippen LogP contribution >= 0.6 is 0 Å². The molecule has 0 aliphatic carbocycles. The van der Waals surface area contributed by atoms with Crippen molar-refractivity contribution in [3.8, 4) is 0 Å². The smallest absolute Gasteiger partial charge is 0.326 e. The molecule has 1 aromatic heterocycles.